The summed E-state index contributed by atoms with van der Waals surface area (Å²) in [6.07, 6.45) is 0. The molecule has 0 bridgehead atoms. The van der Waals surface area contributed by atoms with Crippen molar-refractivity contribution in [2.45, 2.75) is 40.4 Å². The van der Waals surface area contributed by atoms with Gasteiger partial charge < -0.3 is 14.0 Å². The molecule has 0 aromatic heterocycles. The van der Waals surface area contributed by atoms with Gasteiger partial charge in [-0.1, -0.05) is 20.8 Å². The number of hydrogen-bond donors (Lipinski definition) is 1. The van der Waals surface area contributed by atoms with E-state index in [0.717, 1.165) is 0 Å². The summed E-state index contributed by atoms with van der Waals surface area (Å²) in [5.41, 5.74) is -0.292. The van der Waals surface area contributed by atoms with E-state index >= 15 is 0 Å². The summed E-state index contributed by atoms with van der Waals surface area (Å²) in [7, 11) is -4.92. The van der Waals surface area contributed by atoms with Crippen LogP contribution in [0.3, 0.4) is 0 Å². The van der Waals surface area contributed by atoms with Crippen molar-refractivity contribution in [2.24, 2.45) is 10.4 Å². The maximum atomic E-state index is 11.0. The van der Waals surface area contributed by atoms with Crippen LogP contribution in [0, 0.1) is 5.41 Å². The molecular weight excluding hydrogens is 278 g/mol. The van der Waals surface area contributed by atoms with Crippen LogP contribution in [-0.2, 0) is 24.7 Å². The summed E-state index contributed by atoms with van der Waals surface area (Å²) in [4.78, 5) is 15.1. The molecule has 19 heavy (non-hydrogen) atoms. The summed E-state index contributed by atoms with van der Waals surface area (Å²) in [6, 6.07) is 0. The van der Waals surface area contributed by atoms with Crippen LogP contribution in [0.2, 0.25) is 0 Å². The zero-order chi connectivity index (χ0) is 15.5. The first-order valence-corrected chi connectivity index (χ1v) is 6.71. The molecule has 0 fully saturated rings. The number of hydrogen-bond acceptors (Lipinski definition) is 7. The molecular formula is C10H19NO7S. The molecule has 0 aromatic carbocycles. The lowest BCUT2D eigenvalue weighted by Crippen LogP contribution is -2.49. The molecule has 9 heteroatoms. The van der Waals surface area contributed by atoms with E-state index in [9.17, 15) is 4.79 Å². The number of aliphatic imine (C=N–C) groups is 1. The minimum Gasteiger partial charge on any atom is -0.726 e. The van der Waals surface area contributed by atoms with Gasteiger partial charge in [-0.2, -0.15) is 0 Å². The van der Waals surface area contributed by atoms with Crippen LogP contribution in [0.1, 0.15) is 36.0 Å². The van der Waals surface area contributed by atoms with E-state index in [2.05, 4.69) is 4.99 Å². The Hall–Kier alpha value is -1.19. The number of esters is 1. The molecule has 0 aromatic rings. The number of ether oxygens (including phenoxy) is 2. The van der Waals surface area contributed by atoms with Crippen molar-refractivity contribution >= 4 is 22.3 Å². The first-order valence-electron chi connectivity index (χ1n) is 5.35. The van der Waals surface area contributed by atoms with Gasteiger partial charge in [0.2, 0.25) is 10.4 Å². The third-order valence-corrected chi connectivity index (χ3v) is 2.27. The SMILES string of the molecule is CC(=O)OC1(C(C)(C)C)CN=C(C)O1.O=S(=O)([O-])O.[H+]. The Labute approximate surface area is 113 Å². The zero-order valence-electron chi connectivity index (χ0n) is 12.5. The van der Waals surface area contributed by atoms with E-state index in [4.69, 9.17) is 27.0 Å². The Morgan fingerprint density at radius 3 is 2.21 bits per heavy atom. The van der Waals surface area contributed by atoms with Gasteiger partial charge >= 0.3 is 7.40 Å². The molecule has 0 aliphatic carbocycles. The lowest BCUT2D eigenvalue weighted by atomic mass is 9.85. The van der Waals surface area contributed by atoms with Crippen LogP contribution in [0.5, 0.6) is 0 Å². The Morgan fingerprint density at radius 1 is 1.58 bits per heavy atom. The van der Waals surface area contributed by atoms with Gasteiger partial charge in [-0.05, 0) is 0 Å². The molecule has 1 rings (SSSR count). The summed E-state index contributed by atoms with van der Waals surface area (Å²) >= 11 is 0. The average Bonchev–Trinajstić information content (AvgIpc) is 2.42. The fourth-order valence-corrected chi connectivity index (χ4v) is 1.35. The number of rotatable bonds is 1. The van der Waals surface area contributed by atoms with Crippen molar-refractivity contribution in [3.05, 3.63) is 0 Å². The molecule has 1 aliphatic rings. The van der Waals surface area contributed by atoms with E-state index in [1.54, 1.807) is 6.92 Å². The predicted molar refractivity (Wildman–Crippen MR) is 66.5 cm³/mol. The smallest absolute Gasteiger partial charge is 0.726 e. The zero-order valence-corrected chi connectivity index (χ0v) is 12.3. The second-order valence-corrected chi connectivity index (χ2v) is 5.82. The van der Waals surface area contributed by atoms with Crippen molar-refractivity contribution in [1.29, 1.82) is 0 Å². The summed E-state index contributed by atoms with van der Waals surface area (Å²) < 4.78 is 43.6. The Balaban J connectivity index is 0. The molecule has 0 saturated carbocycles. The number of nitrogens with zero attached hydrogens (tertiary/aromatic N) is 1. The van der Waals surface area contributed by atoms with Gasteiger partial charge in [-0.25, -0.2) is 13.4 Å². The Morgan fingerprint density at radius 2 is 2.00 bits per heavy atom. The van der Waals surface area contributed by atoms with Gasteiger partial charge in [0.25, 0.3) is 5.79 Å². The van der Waals surface area contributed by atoms with E-state index in [1.807, 2.05) is 20.8 Å². The average molecular weight is 297 g/mol. The minimum absolute atomic E-state index is 0. The molecule has 1 unspecified atom stereocenters. The molecule has 1 heterocycles. The summed E-state index contributed by atoms with van der Waals surface area (Å²) in [6.45, 7) is 9.40. The Bertz CT molecular complexity index is 460. The van der Waals surface area contributed by atoms with Crippen LogP contribution in [0.15, 0.2) is 4.99 Å². The third-order valence-electron chi connectivity index (χ3n) is 2.27. The monoisotopic (exact) mass is 297 g/mol. The lowest BCUT2D eigenvalue weighted by molar-refractivity contribution is -0.227. The van der Waals surface area contributed by atoms with Gasteiger partial charge in [0.1, 0.15) is 6.54 Å². The van der Waals surface area contributed by atoms with Crippen LogP contribution < -0.4 is 0 Å². The van der Waals surface area contributed by atoms with Crippen LogP contribution >= 0.6 is 0 Å². The van der Waals surface area contributed by atoms with Gasteiger partial charge in [0.15, 0.2) is 5.90 Å². The van der Waals surface area contributed by atoms with Crippen molar-refractivity contribution in [2.75, 3.05) is 6.54 Å². The number of carbonyl (C=O) groups excluding carboxylic acids is 1. The van der Waals surface area contributed by atoms with E-state index in [-0.39, 0.29) is 12.8 Å². The third kappa shape index (κ3) is 6.50. The molecule has 8 nitrogen and oxygen atoms in total. The molecule has 0 saturated heterocycles. The Kier molecular flexibility index (Phi) is 5.48. The number of carbonyl (C=O) groups is 1. The quantitative estimate of drug-likeness (QED) is 0.432. The highest BCUT2D eigenvalue weighted by molar-refractivity contribution is 7.79. The van der Waals surface area contributed by atoms with Crippen molar-refractivity contribution in [3.63, 3.8) is 0 Å². The van der Waals surface area contributed by atoms with Crippen molar-refractivity contribution in [3.8, 4) is 0 Å². The van der Waals surface area contributed by atoms with E-state index in [0.29, 0.717) is 12.4 Å². The topological polar surface area (TPSA) is 125 Å². The van der Waals surface area contributed by atoms with Gasteiger partial charge in [-0.15, -0.1) is 0 Å². The highest BCUT2D eigenvalue weighted by Gasteiger charge is 2.50. The van der Waals surface area contributed by atoms with E-state index < -0.39 is 16.2 Å². The fraction of sp³-hybridized carbons (Fsp3) is 0.800. The largest absolute Gasteiger partial charge is 1.00 e. The van der Waals surface area contributed by atoms with Crippen LogP contribution in [-0.4, -0.2) is 41.7 Å². The lowest BCUT2D eigenvalue weighted by Gasteiger charge is -2.38. The highest BCUT2D eigenvalue weighted by Crippen LogP contribution is 2.38. The summed E-state index contributed by atoms with van der Waals surface area (Å²) in [5, 5.41) is 0. The second kappa shape index (κ2) is 5.85. The minimum atomic E-state index is -4.92. The van der Waals surface area contributed by atoms with Crippen LogP contribution in [0.25, 0.3) is 0 Å². The molecule has 1 aliphatic heterocycles. The highest BCUT2D eigenvalue weighted by atomic mass is 32.3. The predicted octanol–water partition coefficient (Wildman–Crippen LogP) is 0.858. The van der Waals surface area contributed by atoms with Gasteiger partial charge in [0.05, 0.1) is 0 Å². The molecule has 0 radical (unpaired) electrons. The molecule has 0 spiro atoms. The first kappa shape index (κ1) is 17.8. The van der Waals surface area contributed by atoms with Crippen LogP contribution in [0.4, 0.5) is 0 Å². The fourth-order valence-electron chi connectivity index (χ4n) is 1.35. The standard InChI is InChI=1S/C10H17NO3.H2O4S/c1-7-11-6-10(13-7,9(3,4)5)14-8(2)12;1-5(2,3)4/h6H2,1-5H3;(H2,1,2,3,4). The van der Waals surface area contributed by atoms with Crippen molar-refractivity contribution < 1.29 is 33.2 Å². The van der Waals surface area contributed by atoms with E-state index in [1.165, 1.54) is 6.92 Å². The first-order chi connectivity index (χ1) is 8.27. The molecule has 0 amide bonds. The summed E-state index contributed by atoms with van der Waals surface area (Å²) in [5.74, 6) is -0.700. The second-order valence-electron chi connectivity index (χ2n) is 4.96. The normalized spacial score (nSPS) is 22.8. The molecule has 1 N–H and O–H groups in total. The maximum absolute atomic E-state index is 11.0. The molecule has 1 atom stereocenters. The van der Waals surface area contributed by atoms with Crippen molar-refractivity contribution in [1.82, 2.24) is 0 Å². The molecule has 112 valence electrons. The maximum Gasteiger partial charge on any atom is 1.00 e. The van der Waals surface area contributed by atoms with Gasteiger partial charge in [-0.3, -0.25) is 9.35 Å². The van der Waals surface area contributed by atoms with Gasteiger partial charge in [0, 0.05) is 19.3 Å².